The zero-order valence-corrected chi connectivity index (χ0v) is 35.4. The topological polar surface area (TPSA) is 123 Å². The normalized spacial score (nSPS) is 29.5. The average Bonchev–Trinajstić information content (AvgIpc) is 3.96. The van der Waals surface area contributed by atoms with Crippen LogP contribution >= 0.6 is 0 Å². The Kier molecular flexibility index (Phi) is 21.7. The van der Waals surface area contributed by atoms with Crippen molar-refractivity contribution >= 4 is 0 Å². The van der Waals surface area contributed by atoms with Crippen LogP contribution in [-0.2, 0) is 61.6 Å². The minimum atomic E-state index is -0.248. The molecule has 278 valence electrons. The maximum Gasteiger partial charge on any atom is 0.158 e. The quantitative estimate of drug-likeness (QED) is 0.0925. The largest absolute Gasteiger partial charge is 0.553 e. The van der Waals surface area contributed by atoms with Crippen LogP contribution in [-0.4, -0.2) is 129 Å². The van der Waals surface area contributed by atoms with Crippen LogP contribution in [0.15, 0.2) is 0 Å². The van der Waals surface area contributed by atoms with Crippen molar-refractivity contribution in [2.75, 3.05) is 79.3 Å². The van der Waals surface area contributed by atoms with E-state index in [1.807, 2.05) is 0 Å². The zero-order valence-electron chi connectivity index (χ0n) is 29.0. The van der Waals surface area contributed by atoms with E-state index in [-0.39, 0.29) is 49.6 Å². The van der Waals surface area contributed by atoms with E-state index in [1.54, 1.807) is 0 Å². The number of hydrogen-bond donors (Lipinski definition) is 0. The molecule has 5 heterocycles. The van der Waals surface area contributed by atoms with Crippen LogP contribution in [0.4, 0.5) is 0 Å². The van der Waals surface area contributed by atoms with Crippen LogP contribution in [0.1, 0.15) is 77.0 Å². The standard InChI is InChI=1S/C24H43O9.C10H17O4.Rf/c1-25-16-20(32-23-9-3-6-12-29-23)18-27-19-21(33-24-10-4-7-13-30-24)17-26-14-15-31-22-8-2-5-11-28-22;1-11-6-9(8-7-13-8)14-10-4-2-3-5-12-10;/h20-24H,1-19H2;8-10H,1-7H2;/q2*-1;. The molecule has 0 amide bonds. The van der Waals surface area contributed by atoms with E-state index < -0.39 is 0 Å². The summed E-state index contributed by atoms with van der Waals surface area (Å²) in [7, 11) is 6.82. The summed E-state index contributed by atoms with van der Waals surface area (Å²) in [6.45, 7) is 6.73. The van der Waals surface area contributed by atoms with Crippen LogP contribution in [0.3, 0.4) is 0 Å². The van der Waals surface area contributed by atoms with Gasteiger partial charge in [-0.1, -0.05) is 0 Å². The molecule has 5 fully saturated rings. The molecular formula is C34H60O13Rf-2. The third kappa shape index (κ3) is 17.4. The Labute approximate surface area is 281 Å². The molecule has 0 N–H and O–H groups in total. The molecule has 8 unspecified atom stereocenters. The van der Waals surface area contributed by atoms with Gasteiger partial charge in [0.15, 0.2) is 25.2 Å². The summed E-state index contributed by atoms with van der Waals surface area (Å²) in [4.78, 5) is 0. The first-order valence-electron chi connectivity index (χ1n) is 17.8. The van der Waals surface area contributed by atoms with Gasteiger partial charge in [-0.25, -0.2) is 14.2 Å². The van der Waals surface area contributed by atoms with Crippen LogP contribution in [0.5, 0.6) is 0 Å². The van der Waals surface area contributed by atoms with Crippen molar-refractivity contribution in [3.63, 3.8) is 0 Å². The monoisotopic (exact) mass is 944 g/mol. The molecule has 5 aliphatic heterocycles. The second-order valence-corrected chi connectivity index (χ2v) is 12.5. The Bertz CT molecular complexity index is 743. The predicted octanol–water partition coefficient (Wildman–Crippen LogP) is 4.30. The van der Waals surface area contributed by atoms with Crippen LogP contribution in [0.2, 0.25) is 0 Å². The van der Waals surface area contributed by atoms with Gasteiger partial charge < -0.3 is 61.6 Å². The van der Waals surface area contributed by atoms with Gasteiger partial charge in [0.05, 0.1) is 39.6 Å². The SMILES string of the molecule is [CH2-]OCC(COCC(COCCOC1CCCCO1)OC1CCCCO1)OC1CCCCO1.[CH2-]OCC(OC1CCCCO1)C1CO1.[Rf]. The maximum absolute atomic E-state index is 6.13. The first-order chi connectivity index (χ1) is 23.2. The fourth-order valence-electron chi connectivity index (χ4n) is 5.71. The summed E-state index contributed by atoms with van der Waals surface area (Å²) in [6.07, 6.45) is 11.7. The molecule has 8 atom stereocenters. The Morgan fingerprint density at radius 2 is 0.958 bits per heavy atom. The van der Waals surface area contributed by atoms with E-state index in [0.29, 0.717) is 46.2 Å². The van der Waals surface area contributed by atoms with E-state index in [9.17, 15) is 0 Å². The maximum atomic E-state index is 6.13. The van der Waals surface area contributed by atoms with E-state index >= 15 is 0 Å². The van der Waals surface area contributed by atoms with Gasteiger partial charge in [-0.3, -0.25) is 0 Å². The first kappa shape index (κ1) is 40.9. The zero-order chi connectivity index (χ0) is 32.8. The summed E-state index contributed by atoms with van der Waals surface area (Å²) in [5.41, 5.74) is 0. The van der Waals surface area contributed by atoms with Gasteiger partial charge in [-0.05, 0) is 77.0 Å². The van der Waals surface area contributed by atoms with Gasteiger partial charge in [0.2, 0.25) is 0 Å². The molecule has 0 aliphatic carbocycles. The molecule has 5 saturated heterocycles. The summed E-state index contributed by atoms with van der Waals surface area (Å²) < 4.78 is 72.9. The van der Waals surface area contributed by atoms with Gasteiger partial charge in [-0.2, -0.15) is 0 Å². The molecular weight excluding hydrogens is 883 g/mol. The molecule has 14 heteroatoms. The van der Waals surface area contributed by atoms with Crippen molar-refractivity contribution < 1.29 is 61.6 Å². The smallest absolute Gasteiger partial charge is 0.158 e. The van der Waals surface area contributed by atoms with Crippen molar-refractivity contribution in [3.8, 4) is 0 Å². The summed E-state index contributed by atoms with van der Waals surface area (Å²) in [5.74, 6) is 0. The molecule has 5 aliphatic rings. The fraction of sp³-hybridized carbons (Fsp3) is 0.941. The van der Waals surface area contributed by atoms with Crippen molar-refractivity contribution in [2.24, 2.45) is 0 Å². The molecule has 5 rings (SSSR count). The van der Waals surface area contributed by atoms with Crippen LogP contribution < -0.4 is 0 Å². The minimum Gasteiger partial charge on any atom is -0.553 e. The molecule has 0 aromatic heterocycles. The van der Waals surface area contributed by atoms with E-state index in [1.165, 1.54) is 6.42 Å². The molecule has 0 spiro atoms. The van der Waals surface area contributed by atoms with Crippen LogP contribution in [0, 0.1) is 14.2 Å². The van der Waals surface area contributed by atoms with Gasteiger partial charge in [0.25, 0.3) is 0 Å². The van der Waals surface area contributed by atoms with Gasteiger partial charge in [0.1, 0.15) is 24.4 Å². The van der Waals surface area contributed by atoms with E-state index in [0.717, 1.165) is 104 Å². The van der Waals surface area contributed by atoms with Gasteiger partial charge in [0, 0.05) is 39.6 Å². The number of hydrogen-bond acceptors (Lipinski definition) is 13. The third-order valence-electron chi connectivity index (χ3n) is 8.37. The Balaban J connectivity index is 0.000000347. The fourth-order valence-corrected chi connectivity index (χ4v) is 5.71. The Hall–Kier alpha value is -1.52. The average molecular weight is 944 g/mol. The molecule has 48 heavy (non-hydrogen) atoms. The van der Waals surface area contributed by atoms with Crippen molar-refractivity contribution in [1.29, 1.82) is 0 Å². The van der Waals surface area contributed by atoms with Gasteiger partial charge >= 0.3 is 0 Å². The summed E-state index contributed by atoms with van der Waals surface area (Å²) >= 11 is 0. The van der Waals surface area contributed by atoms with Crippen molar-refractivity contribution in [2.45, 2.75) is 127 Å². The molecule has 0 bridgehead atoms. The molecule has 0 aromatic rings. The minimum absolute atomic E-state index is 0. The molecule has 0 radical (unpaired) electrons. The molecule has 0 saturated carbocycles. The predicted molar refractivity (Wildman–Crippen MR) is 169 cm³/mol. The van der Waals surface area contributed by atoms with Gasteiger partial charge in [-0.15, -0.1) is 0 Å². The third-order valence-corrected chi connectivity index (χ3v) is 8.37. The number of epoxide rings is 1. The second kappa shape index (κ2) is 25.4. The molecule has 13 nitrogen and oxygen atoms in total. The van der Waals surface area contributed by atoms with Crippen LogP contribution in [0.25, 0.3) is 0 Å². The van der Waals surface area contributed by atoms with E-state index in [2.05, 4.69) is 14.2 Å². The summed E-state index contributed by atoms with van der Waals surface area (Å²) in [6, 6.07) is 0. The van der Waals surface area contributed by atoms with Crippen molar-refractivity contribution in [1.82, 2.24) is 0 Å². The summed E-state index contributed by atoms with van der Waals surface area (Å²) in [5, 5.41) is 0. The first-order valence-corrected chi connectivity index (χ1v) is 17.8. The van der Waals surface area contributed by atoms with Crippen molar-refractivity contribution in [3.05, 3.63) is 14.2 Å². The number of rotatable bonds is 21. The van der Waals surface area contributed by atoms with E-state index in [4.69, 9.17) is 61.6 Å². The second-order valence-electron chi connectivity index (χ2n) is 12.5. The Morgan fingerprint density at radius 1 is 0.500 bits per heavy atom. The molecule has 0 aromatic carbocycles. The Morgan fingerprint density at radius 3 is 1.42 bits per heavy atom. The number of ether oxygens (including phenoxy) is 13.